The van der Waals surface area contributed by atoms with Crippen molar-refractivity contribution >= 4 is 34.6 Å². The van der Waals surface area contributed by atoms with Gasteiger partial charge in [-0.1, -0.05) is 29.3 Å². The molecule has 1 aliphatic rings. The van der Waals surface area contributed by atoms with Crippen molar-refractivity contribution in [3.8, 4) is 5.69 Å². The Morgan fingerprint density at radius 2 is 2.00 bits per heavy atom. The van der Waals surface area contributed by atoms with Crippen LogP contribution in [0.3, 0.4) is 0 Å². The van der Waals surface area contributed by atoms with Gasteiger partial charge >= 0.3 is 0 Å². The van der Waals surface area contributed by atoms with Crippen LogP contribution in [0, 0.1) is 0 Å². The summed E-state index contributed by atoms with van der Waals surface area (Å²) in [6.07, 6.45) is 1.76. The van der Waals surface area contributed by atoms with E-state index in [4.69, 9.17) is 27.9 Å². The second-order valence-electron chi connectivity index (χ2n) is 6.60. The lowest BCUT2D eigenvalue weighted by Gasteiger charge is -2.30. The molecule has 0 bridgehead atoms. The highest BCUT2D eigenvalue weighted by molar-refractivity contribution is 7.90. The van der Waals surface area contributed by atoms with E-state index in [0.717, 1.165) is 11.3 Å². The molecule has 0 aliphatic carbocycles. The molecule has 0 radical (unpaired) electrons. The number of hydrogen-bond donors (Lipinski definition) is 1. The quantitative estimate of drug-likeness (QED) is 0.813. The minimum Gasteiger partial charge on any atom is -0.598 e. The maximum atomic E-state index is 12.4. The van der Waals surface area contributed by atoms with Crippen molar-refractivity contribution in [3.63, 3.8) is 0 Å². The van der Waals surface area contributed by atoms with E-state index in [9.17, 15) is 4.55 Å². The monoisotopic (exact) mass is 387 g/mol. The summed E-state index contributed by atoms with van der Waals surface area (Å²) >= 11 is 11.4. The van der Waals surface area contributed by atoms with Crippen LogP contribution < -0.4 is 4.72 Å². The molecule has 1 N–H and O–H groups in total. The Morgan fingerprint density at radius 1 is 1.33 bits per heavy atom. The van der Waals surface area contributed by atoms with Crippen LogP contribution in [0.15, 0.2) is 24.4 Å². The maximum Gasteiger partial charge on any atom is 0.136 e. The molecule has 2 aromatic rings. The van der Waals surface area contributed by atoms with Crippen molar-refractivity contribution < 1.29 is 9.29 Å². The Labute approximate surface area is 154 Å². The van der Waals surface area contributed by atoms with E-state index in [1.807, 2.05) is 20.8 Å². The molecule has 1 aromatic carbocycles. The van der Waals surface area contributed by atoms with Crippen molar-refractivity contribution in [2.45, 2.75) is 38.2 Å². The van der Waals surface area contributed by atoms with E-state index < -0.39 is 11.4 Å². The molecule has 130 valence electrons. The van der Waals surface area contributed by atoms with Gasteiger partial charge in [0.2, 0.25) is 0 Å². The Kier molecular flexibility index (Phi) is 5.16. The first-order chi connectivity index (χ1) is 11.3. The number of rotatable bonds is 3. The van der Waals surface area contributed by atoms with Gasteiger partial charge in [-0.15, -0.1) is 4.72 Å². The number of nitrogens with one attached hydrogen (secondary N) is 1. The van der Waals surface area contributed by atoms with Gasteiger partial charge in [0.05, 0.1) is 35.1 Å². The van der Waals surface area contributed by atoms with Crippen molar-refractivity contribution in [1.29, 1.82) is 0 Å². The highest BCUT2D eigenvalue weighted by atomic mass is 35.5. The van der Waals surface area contributed by atoms with E-state index >= 15 is 0 Å². The molecule has 0 saturated heterocycles. The van der Waals surface area contributed by atoms with Gasteiger partial charge in [-0.3, -0.25) is 0 Å². The Morgan fingerprint density at radius 3 is 2.62 bits per heavy atom. The first kappa shape index (κ1) is 18.0. The van der Waals surface area contributed by atoms with Gasteiger partial charge in [0.1, 0.15) is 16.5 Å². The van der Waals surface area contributed by atoms with Crippen LogP contribution in [0.4, 0.5) is 0 Å². The van der Waals surface area contributed by atoms with Gasteiger partial charge in [-0.05, 0) is 32.9 Å². The molecule has 5 nitrogen and oxygen atoms in total. The summed E-state index contributed by atoms with van der Waals surface area (Å²) in [5.74, 6) is 0. The molecular formula is C16H19Cl2N3O2S. The van der Waals surface area contributed by atoms with Gasteiger partial charge in [0, 0.05) is 16.9 Å². The van der Waals surface area contributed by atoms with Crippen LogP contribution in [0.5, 0.6) is 0 Å². The summed E-state index contributed by atoms with van der Waals surface area (Å²) < 4.78 is 22.6. The number of aromatic nitrogens is 2. The fourth-order valence-electron chi connectivity index (χ4n) is 2.47. The van der Waals surface area contributed by atoms with Gasteiger partial charge in [0.15, 0.2) is 0 Å². The molecule has 3 rings (SSSR count). The molecule has 1 aliphatic heterocycles. The van der Waals surface area contributed by atoms with Gasteiger partial charge in [0.25, 0.3) is 0 Å². The van der Waals surface area contributed by atoms with E-state index in [0.29, 0.717) is 28.9 Å². The lowest BCUT2D eigenvalue weighted by molar-refractivity contribution is 0.0843. The zero-order chi connectivity index (χ0) is 17.5. The minimum atomic E-state index is -1.21. The van der Waals surface area contributed by atoms with Crippen LogP contribution in [-0.2, 0) is 22.7 Å². The van der Waals surface area contributed by atoms with E-state index in [1.165, 1.54) is 0 Å². The Bertz CT molecular complexity index is 725. The maximum absolute atomic E-state index is 12.4. The number of para-hydroxylation sites is 1. The standard InChI is InChI=1S/C16H19Cl2N3O2S/c1-16(2,3)24(22)20-13-8-23-9-14-10(13)7-19-21(14)15-11(17)5-4-6-12(15)18/h4-7,13,20H,8-9H2,1-3H3/t13-,24?/m1/s1. The average Bonchev–Trinajstić information content (AvgIpc) is 2.91. The van der Waals surface area contributed by atoms with Crippen molar-refractivity contribution in [2.24, 2.45) is 0 Å². The predicted octanol–water partition coefficient (Wildman–Crippen LogP) is 3.80. The molecule has 1 unspecified atom stereocenters. The molecule has 2 heterocycles. The number of fused-ring (bicyclic) bond motifs is 1. The van der Waals surface area contributed by atoms with Crippen LogP contribution in [0.1, 0.15) is 38.1 Å². The largest absolute Gasteiger partial charge is 0.598 e. The van der Waals surface area contributed by atoms with Crippen LogP contribution in [-0.4, -0.2) is 25.7 Å². The van der Waals surface area contributed by atoms with E-state index in [-0.39, 0.29) is 10.8 Å². The number of ether oxygens (including phenoxy) is 1. The Balaban J connectivity index is 1.96. The fourth-order valence-corrected chi connectivity index (χ4v) is 3.84. The zero-order valence-electron chi connectivity index (χ0n) is 13.7. The summed E-state index contributed by atoms with van der Waals surface area (Å²) in [5, 5.41) is 5.47. The normalized spacial score (nSPS) is 19.2. The molecule has 0 amide bonds. The third-order valence-corrected chi connectivity index (χ3v) is 5.98. The highest BCUT2D eigenvalue weighted by Crippen LogP contribution is 2.33. The topological polar surface area (TPSA) is 62.1 Å². The zero-order valence-corrected chi connectivity index (χ0v) is 16.0. The third kappa shape index (κ3) is 3.45. The van der Waals surface area contributed by atoms with Gasteiger partial charge in [-0.25, -0.2) is 4.68 Å². The molecule has 24 heavy (non-hydrogen) atoms. The number of benzene rings is 1. The smallest absolute Gasteiger partial charge is 0.136 e. The fraction of sp³-hybridized carbons (Fsp3) is 0.438. The molecule has 8 heteroatoms. The molecular weight excluding hydrogens is 369 g/mol. The summed E-state index contributed by atoms with van der Waals surface area (Å²) in [5.41, 5.74) is 2.44. The summed E-state index contributed by atoms with van der Waals surface area (Å²) in [7, 11) is 0. The first-order valence-corrected chi connectivity index (χ1v) is 9.46. The van der Waals surface area contributed by atoms with Crippen LogP contribution in [0.25, 0.3) is 5.69 Å². The van der Waals surface area contributed by atoms with Gasteiger partial charge < -0.3 is 9.29 Å². The molecule has 0 saturated carbocycles. The lowest BCUT2D eigenvalue weighted by atomic mass is 10.1. The highest BCUT2D eigenvalue weighted by Gasteiger charge is 2.34. The van der Waals surface area contributed by atoms with Crippen LogP contribution >= 0.6 is 23.2 Å². The molecule has 2 atom stereocenters. The second-order valence-corrected chi connectivity index (χ2v) is 9.41. The molecule has 1 aromatic heterocycles. The number of hydrogen-bond acceptors (Lipinski definition) is 4. The predicted molar refractivity (Wildman–Crippen MR) is 97.0 cm³/mol. The second kappa shape index (κ2) is 6.86. The number of halogens is 2. The van der Waals surface area contributed by atoms with Gasteiger partial charge in [-0.2, -0.15) is 5.10 Å². The molecule has 0 spiro atoms. The third-order valence-electron chi connectivity index (χ3n) is 3.75. The minimum absolute atomic E-state index is 0.191. The van der Waals surface area contributed by atoms with Crippen LogP contribution in [0.2, 0.25) is 10.0 Å². The molecule has 0 fully saturated rings. The van der Waals surface area contributed by atoms with E-state index in [2.05, 4.69) is 9.82 Å². The first-order valence-electron chi connectivity index (χ1n) is 7.56. The summed E-state index contributed by atoms with van der Waals surface area (Å²) in [6, 6.07) is 5.14. The van der Waals surface area contributed by atoms with Crippen molar-refractivity contribution in [2.75, 3.05) is 6.61 Å². The summed E-state index contributed by atoms with van der Waals surface area (Å²) in [4.78, 5) is 0. The Hall–Kier alpha value is -0.760. The van der Waals surface area contributed by atoms with Crippen molar-refractivity contribution in [1.82, 2.24) is 14.5 Å². The lowest BCUT2D eigenvalue weighted by Crippen LogP contribution is -2.43. The summed E-state index contributed by atoms with van der Waals surface area (Å²) in [6.45, 7) is 6.61. The van der Waals surface area contributed by atoms with Crippen molar-refractivity contribution in [3.05, 3.63) is 45.7 Å². The number of nitrogens with zero attached hydrogens (tertiary/aromatic N) is 2. The van der Waals surface area contributed by atoms with E-state index in [1.54, 1.807) is 29.1 Å². The average molecular weight is 388 g/mol. The SMILES string of the molecule is CC(C)(C)[S+]([O-])N[C@@H]1COCc2c1cnn2-c1c(Cl)cccc1Cl.